The molecule has 0 radical (unpaired) electrons. The Morgan fingerprint density at radius 2 is 2.08 bits per heavy atom. The number of hydrogen-bond acceptors (Lipinski definition) is 4. The number of likely N-dealkylation sites (tertiary alicyclic amines) is 1. The first-order valence-corrected chi connectivity index (χ1v) is 8.81. The van der Waals surface area contributed by atoms with Gasteiger partial charge in [0.1, 0.15) is 17.3 Å². The van der Waals surface area contributed by atoms with Crippen LogP contribution in [0.4, 0.5) is 4.39 Å². The second-order valence-electron chi connectivity index (χ2n) is 6.86. The van der Waals surface area contributed by atoms with Gasteiger partial charge in [-0.05, 0) is 49.9 Å². The molecule has 2 aliphatic rings. The van der Waals surface area contributed by atoms with Gasteiger partial charge in [-0.15, -0.1) is 0 Å². The van der Waals surface area contributed by atoms with Gasteiger partial charge in [-0.25, -0.2) is 9.37 Å². The molecule has 25 heavy (non-hydrogen) atoms. The molecule has 2 aromatic rings. The Hall–Kier alpha value is -2.37. The second-order valence-corrected chi connectivity index (χ2v) is 6.86. The Labute approximate surface area is 145 Å². The van der Waals surface area contributed by atoms with Gasteiger partial charge >= 0.3 is 0 Å². The Kier molecular flexibility index (Phi) is 4.42. The maximum atomic E-state index is 12.9. The average molecular weight is 344 g/mol. The van der Waals surface area contributed by atoms with Crippen molar-refractivity contribution < 1.29 is 18.3 Å². The number of oxazole rings is 1. The van der Waals surface area contributed by atoms with E-state index in [1.807, 2.05) is 4.90 Å². The fraction of sp³-hybridized carbons (Fsp3) is 0.474. The first-order valence-electron chi connectivity index (χ1n) is 8.81. The van der Waals surface area contributed by atoms with Gasteiger partial charge in [0, 0.05) is 24.9 Å². The third-order valence-corrected chi connectivity index (χ3v) is 4.85. The second kappa shape index (κ2) is 6.86. The SMILES string of the molecule is O=C(c1ncoc1C1CC1)N1CCC[C@@H](COc2ccc(F)cc2)C1. The van der Waals surface area contributed by atoms with Gasteiger partial charge in [-0.1, -0.05) is 0 Å². The summed E-state index contributed by atoms with van der Waals surface area (Å²) in [5.74, 6) is 1.71. The van der Waals surface area contributed by atoms with E-state index in [0.717, 1.165) is 38.0 Å². The number of nitrogens with zero attached hydrogens (tertiary/aromatic N) is 2. The standard InChI is InChI=1S/C19H21FN2O3/c20-15-5-7-16(8-6-15)24-11-13-2-1-9-22(10-13)19(23)17-18(14-3-4-14)25-12-21-17/h5-8,12-14H,1-4,9-11H2/t13-/m1/s1. The molecule has 0 unspecified atom stereocenters. The summed E-state index contributed by atoms with van der Waals surface area (Å²) in [5, 5.41) is 0. The zero-order valence-electron chi connectivity index (χ0n) is 14.0. The molecule has 1 saturated carbocycles. The van der Waals surface area contributed by atoms with Gasteiger partial charge in [-0.2, -0.15) is 0 Å². The Morgan fingerprint density at radius 1 is 1.28 bits per heavy atom. The van der Waals surface area contributed by atoms with E-state index in [1.165, 1.54) is 18.5 Å². The van der Waals surface area contributed by atoms with Crippen LogP contribution in [0.15, 0.2) is 35.1 Å². The van der Waals surface area contributed by atoms with Crippen LogP contribution in [0.1, 0.15) is 47.8 Å². The highest BCUT2D eigenvalue weighted by Gasteiger charge is 2.35. The van der Waals surface area contributed by atoms with Gasteiger partial charge in [-0.3, -0.25) is 4.79 Å². The molecular formula is C19H21FN2O3. The first-order chi connectivity index (χ1) is 12.2. The number of hydrogen-bond donors (Lipinski definition) is 0. The van der Waals surface area contributed by atoms with Crippen molar-refractivity contribution in [3.63, 3.8) is 0 Å². The quantitative estimate of drug-likeness (QED) is 0.831. The molecule has 2 fully saturated rings. The molecule has 1 aromatic heterocycles. The zero-order chi connectivity index (χ0) is 17.2. The van der Waals surface area contributed by atoms with Crippen LogP contribution in [0.2, 0.25) is 0 Å². The lowest BCUT2D eigenvalue weighted by Gasteiger charge is -2.32. The molecule has 1 aliphatic heterocycles. The zero-order valence-corrected chi connectivity index (χ0v) is 14.0. The molecule has 0 bridgehead atoms. The summed E-state index contributed by atoms with van der Waals surface area (Å²) in [6.07, 6.45) is 5.48. The van der Waals surface area contributed by atoms with Crippen molar-refractivity contribution in [3.8, 4) is 5.75 Å². The lowest BCUT2D eigenvalue weighted by molar-refractivity contribution is 0.0626. The van der Waals surface area contributed by atoms with E-state index in [0.29, 0.717) is 30.5 Å². The lowest BCUT2D eigenvalue weighted by Crippen LogP contribution is -2.42. The number of benzene rings is 1. The van der Waals surface area contributed by atoms with E-state index in [9.17, 15) is 9.18 Å². The van der Waals surface area contributed by atoms with Crippen LogP contribution in [0, 0.1) is 11.7 Å². The maximum absolute atomic E-state index is 12.9. The molecule has 1 aliphatic carbocycles. The van der Waals surface area contributed by atoms with Crippen molar-refractivity contribution >= 4 is 5.91 Å². The maximum Gasteiger partial charge on any atom is 0.276 e. The van der Waals surface area contributed by atoms with Crippen molar-refractivity contribution in [3.05, 3.63) is 47.9 Å². The molecule has 2 heterocycles. The van der Waals surface area contributed by atoms with Crippen molar-refractivity contribution in [1.82, 2.24) is 9.88 Å². The number of carbonyl (C=O) groups is 1. The summed E-state index contributed by atoms with van der Waals surface area (Å²) in [5.41, 5.74) is 0.475. The summed E-state index contributed by atoms with van der Waals surface area (Å²) in [6, 6.07) is 6.02. The largest absolute Gasteiger partial charge is 0.493 e. The van der Waals surface area contributed by atoms with Gasteiger partial charge in [0.15, 0.2) is 12.1 Å². The highest BCUT2D eigenvalue weighted by atomic mass is 19.1. The molecule has 1 aromatic carbocycles. The molecule has 132 valence electrons. The summed E-state index contributed by atoms with van der Waals surface area (Å²) in [4.78, 5) is 18.8. The first kappa shape index (κ1) is 16.1. The van der Waals surface area contributed by atoms with E-state index >= 15 is 0 Å². The minimum atomic E-state index is -0.277. The fourth-order valence-electron chi connectivity index (χ4n) is 3.33. The number of halogens is 1. The van der Waals surface area contributed by atoms with Crippen molar-refractivity contribution in [2.45, 2.75) is 31.6 Å². The normalized spacial score (nSPS) is 20.5. The van der Waals surface area contributed by atoms with E-state index in [2.05, 4.69) is 4.98 Å². The number of ether oxygens (including phenoxy) is 1. The van der Waals surface area contributed by atoms with Gasteiger partial charge < -0.3 is 14.1 Å². The number of piperidine rings is 1. The molecule has 4 rings (SSSR count). The highest BCUT2D eigenvalue weighted by Crippen LogP contribution is 2.41. The van der Waals surface area contributed by atoms with E-state index in [1.54, 1.807) is 12.1 Å². The minimum absolute atomic E-state index is 0.0397. The van der Waals surface area contributed by atoms with Crippen LogP contribution in [0.5, 0.6) is 5.75 Å². The fourth-order valence-corrected chi connectivity index (χ4v) is 3.33. The number of rotatable bonds is 5. The van der Waals surface area contributed by atoms with Crippen LogP contribution in [-0.2, 0) is 0 Å². The molecule has 0 N–H and O–H groups in total. The molecule has 0 spiro atoms. The monoisotopic (exact) mass is 344 g/mol. The molecule has 1 atom stereocenters. The predicted octanol–water partition coefficient (Wildman–Crippen LogP) is 3.62. The predicted molar refractivity (Wildman–Crippen MR) is 89.0 cm³/mol. The Morgan fingerprint density at radius 3 is 2.84 bits per heavy atom. The summed E-state index contributed by atoms with van der Waals surface area (Å²) in [6.45, 7) is 1.91. The van der Waals surface area contributed by atoms with Crippen molar-refractivity contribution in [2.24, 2.45) is 5.92 Å². The Balaban J connectivity index is 1.36. The van der Waals surface area contributed by atoms with Crippen LogP contribution >= 0.6 is 0 Å². The lowest BCUT2D eigenvalue weighted by atomic mass is 9.98. The Bertz CT molecular complexity index is 739. The van der Waals surface area contributed by atoms with Crippen LogP contribution in [-0.4, -0.2) is 35.5 Å². The molecular weight excluding hydrogens is 323 g/mol. The summed E-state index contributed by atoms with van der Waals surface area (Å²) >= 11 is 0. The van der Waals surface area contributed by atoms with E-state index in [-0.39, 0.29) is 17.6 Å². The number of aromatic nitrogens is 1. The molecule has 1 amide bonds. The number of amides is 1. The average Bonchev–Trinajstić information content (AvgIpc) is 3.37. The van der Waals surface area contributed by atoms with Crippen molar-refractivity contribution in [1.29, 1.82) is 0 Å². The van der Waals surface area contributed by atoms with Gasteiger partial charge in [0.05, 0.1) is 6.61 Å². The van der Waals surface area contributed by atoms with Gasteiger partial charge in [0.2, 0.25) is 0 Å². The molecule has 1 saturated heterocycles. The van der Waals surface area contributed by atoms with E-state index in [4.69, 9.17) is 9.15 Å². The van der Waals surface area contributed by atoms with Crippen LogP contribution in [0.3, 0.4) is 0 Å². The summed E-state index contributed by atoms with van der Waals surface area (Å²) < 4.78 is 24.1. The third-order valence-electron chi connectivity index (χ3n) is 4.85. The van der Waals surface area contributed by atoms with Crippen molar-refractivity contribution in [2.75, 3.05) is 19.7 Å². The number of carbonyl (C=O) groups excluding carboxylic acids is 1. The molecule has 5 nitrogen and oxygen atoms in total. The topological polar surface area (TPSA) is 55.6 Å². The van der Waals surface area contributed by atoms with Crippen LogP contribution < -0.4 is 4.74 Å². The van der Waals surface area contributed by atoms with E-state index < -0.39 is 0 Å². The van der Waals surface area contributed by atoms with Gasteiger partial charge in [0.25, 0.3) is 5.91 Å². The summed E-state index contributed by atoms with van der Waals surface area (Å²) in [7, 11) is 0. The smallest absolute Gasteiger partial charge is 0.276 e. The highest BCUT2D eigenvalue weighted by molar-refractivity contribution is 5.93. The minimum Gasteiger partial charge on any atom is -0.493 e. The van der Waals surface area contributed by atoms with Crippen LogP contribution in [0.25, 0.3) is 0 Å². The molecule has 6 heteroatoms. The third kappa shape index (κ3) is 3.67.